The summed E-state index contributed by atoms with van der Waals surface area (Å²) in [6.45, 7) is 15.7. The van der Waals surface area contributed by atoms with Gasteiger partial charge >= 0.3 is 0 Å². The van der Waals surface area contributed by atoms with E-state index in [1.165, 1.54) is 5.57 Å². The monoisotopic (exact) mass is 183 g/mol. The van der Waals surface area contributed by atoms with E-state index in [2.05, 4.69) is 59.6 Å². The summed E-state index contributed by atoms with van der Waals surface area (Å²) in [6.07, 6.45) is 2.31. The first-order valence-electron chi connectivity index (χ1n) is 5.32. The maximum Gasteiger partial charge on any atom is 0.0230 e. The second kappa shape index (κ2) is 5.31. The molecule has 0 aliphatic carbocycles. The van der Waals surface area contributed by atoms with E-state index in [1.807, 2.05) is 0 Å². The van der Waals surface area contributed by atoms with Crippen LogP contribution in [0.1, 0.15) is 48.5 Å². The Morgan fingerprint density at radius 1 is 0.923 bits per heavy atom. The molecule has 13 heavy (non-hydrogen) atoms. The van der Waals surface area contributed by atoms with Crippen LogP contribution >= 0.6 is 0 Å². The average Bonchev–Trinajstić information content (AvgIpc) is 1.97. The lowest BCUT2D eigenvalue weighted by atomic mass is 10.1. The number of hydrogen-bond donors (Lipinski definition) is 0. The highest BCUT2D eigenvalue weighted by Crippen LogP contribution is 2.13. The van der Waals surface area contributed by atoms with E-state index in [0.29, 0.717) is 18.0 Å². The Bertz CT molecular complexity index is 158. The van der Waals surface area contributed by atoms with Crippen LogP contribution in [0.2, 0.25) is 0 Å². The standard InChI is InChI=1S/C12H25N/c1-9(2)12(7)8-13(10(3)4)11(5)6/h8-11H,1-7H3/b12-8-. The smallest absolute Gasteiger partial charge is 0.0230 e. The van der Waals surface area contributed by atoms with Crippen molar-refractivity contribution in [3.63, 3.8) is 0 Å². The number of nitrogens with zero attached hydrogens (tertiary/aromatic N) is 1. The van der Waals surface area contributed by atoms with Crippen LogP contribution < -0.4 is 0 Å². The topological polar surface area (TPSA) is 3.24 Å². The second-order valence-electron chi connectivity index (χ2n) is 4.66. The summed E-state index contributed by atoms with van der Waals surface area (Å²) >= 11 is 0. The van der Waals surface area contributed by atoms with E-state index >= 15 is 0 Å². The molecule has 0 aromatic heterocycles. The third kappa shape index (κ3) is 4.35. The molecule has 0 aliphatic rings. The van der Waals surface area contributed by atoms with Gasteiger partial charge in [-0.1, -0.05) is 19.4 Å². The molecule has 0 amide bonds. The first-order chi connectivity index (χ1) is 5.86. The molecule has 0 N–H and O–H groups in total. The van der Waals surface area contributed by atoms with Gasteiger partial charge in [0.05, 0.1) is 0 Å². The van der Waals surface area contributed by atoms with E-state index in [4.69, 9.17) is 0 Å². The van der Waals surface area contributed by atoms with Gasteiger partial charge in [0.2, 0.25) is 0 Å². The van der Waals surface area contributed by atoms with Crippen molar-refractivity contribution in [2.24, 2.45) is 5.92 Å². The highest BCUT2D eigenvalue weighted by atomic mass is 15.2. The maximum absolute atomic E-state index is 2.41. The average molecular weight is 183 g/mol. The van der Waals surface area contributed by atoms with Crippen molar-refractivity contribution >= 4 is 0 Å². The third-order valence-electron chi connectivity index (χ3n) is 2.46. The van der Waals surface area contributed by atoms with Crippen molar-refractivity contribution in [1.29, 1.82) is 0 Å². The Hall–Kier alpha value is -0.460. The highest BCUT2D eigenvalue weighted by Gasteiger charge is 2.09. The van der Waals surface area contributed by atoms with Gasteiger partial charge in [-0.3, -0.25) is 0 Å². The summed E-state index contributed by atoms with van der Waals surface area (Å²) in [7, 11) is 0. The minimum Gasteiger partial charge on any atom is -0.373 e. The fraction of sp³-hybridized carbons (Fsp3) is 0.833. The lowest BCUT2D eigenvalue weighted by molar-refractivity contribution is 0.252. The second-order valence-corrected chi connectivity index (χ2v) is 4.66. The molecule has 0 radical (unpaired) electrons. The zero-order valence-corrected chi connectivity index (χ0v) is 10.3. The number of hydrogen-bond acceptors (Lipinski definition) is 1. The zero-order valence-electron chi connectivity index (χ0n) is 10.3. The third-order valence-corrected chi connectivity index (χ3v) is 2.46. The van der Waals surface area contributed by atoms with E-state index in [0.717, 1.165) is 0 Å². The summed E-state index contributed by atoms with van der Waals surface area (Å²) in [6, 6.07) is 1.18. The summed E-state index contributed by atoms with van der Waals surface area (Å²) in [4.78, 5) is 2.41. The minimum atomic E-state index is 0.591. The van der Waals surface area contributed by atoms with E-state index in [9.17, 15) is 0 Å². The maximum atomic E-state index is 2.41. The van der Waals surface area contributed by atoms with Crippen molar-refractivity contribution in [2.45, 2.75) is 60.5 Å². The molecule has 0 bridgehead atoms. The first kappa shape index (κ1) is 12.5. The van der Waals surface area contributed by atoms with Gasteiger partial charge in [-0.15, -0.1) is 0 Å². The normalized spacial score (nSPS) is 13.2. The van der Waals surface area contributed by atoms with Crippen LogP contribution in [0.5, 0.6) is 0 Å². The van der Waals surface area contributed by atoms with Crippen molar-refractivity contribution in [2.75, 3.05) is 0 Å². The molecule has 0 unspecified atom stereocenters. The minimum absolute atomic E-state index is 0.591. The van der Waals surface area contributed by atoms with Gasteiger partial charge in [0, 0.05) is 12.1 Å². The molecule has 1 heteroatoms. The Balaban J connectivity index is 4.50. The van der Waals surface area contributed by atoms with Crippen LogP contribution in [0.4, 0.5) is 0 Å². The molecule has 1 nitrogen and oxygen atoms in total. The lowest BCUT2D eigenvalue weighted by Gasteiger charge is -2.30. The Labute approximate surface area is 83.8 Å². The van der Waals surface area contributed by atoms with Crippen LogP contribution in [-0.2, 0) is 0 Å². The van der Waals surface area contributed by atoms with Gasteiger partial charge in [-0.25, -0.2) is 0 Å². The fourth-order valence-corrected chi connectivity index (χ4v) is 1.28. The van der Waals surface area contributed by atoms with Crippen molar-refractivity contribution in [1.82, 2.24) is 4.90 Å². The van der Waals surface area contributed by atoms with E-state index in [-0.39, 0.29) is 0 Å². The van der Waals surface area contributed by atoms with Crippen LogP contribution in [0, 0.1) is 5.92 Å². The summed E-state index contributed by atoms with van der Waals surface area (Å²) in [5.41, 5.74) is 1.46. The van der Waals surface area contributed by atoms with E-state index < -0.39 is 0 Å². The summed E-state index contributed by atoms with van der Waals surface area (Å²) in [5.74, 6) is 0.653. The molecule has 0 atom stereocenters. The highest BCUT2D eigenvalue weighted by molar-refractivity contribution is 5.01. The molecule has 0 heterocycles. The van der Waals surface area contributed by atoms with Crippen LogP contribution in [-0.4, -0.2) is 17.0 Å². The van der Waals surface area contributed by atoms with Gasteiger partial charge in [0.15, 0.2) is 0 Å². The largest absolute Gasteiger partial charge is 0.373 e. The molecule has 0 rings (SSSR count). The molecule has 0 aliphatic heterocycles. The van der Waals surface area contributed by atoms with Crippen molar-refractivity contribution in [3.05, 3.63) is 11.8 Å². The zero-order chi connectivity index (χ0) is 10.6. The molecular formula is C12H25N. The van der Waals surface area contributed by atoms with Crippen molar-refractivity contribution < 1.29 is 0 Å². The van der Waals surface area contributed by atoms with Gasteiger partial charge < -0.3 is 4.90 Å². The number of allylic oxidation sites excluding steroid dienone is 1. The summed E-state index contributed by atoms with van der Waals surface area (Å²) in [5, 5.41) is 0. The Morgan fingerprint density at radius 3 is 1.54 bits per heavy atom. The van der Waals surface area contributed by atoms with Crippen LogP contribution in [0.25, 0.3) is 0 Å². The predicted octanol–water partition coefficient (Wildman–Crippen LogP) is 3.67. The molecule has 0 aromatic carbocycles. The molecule has 0 fully saturated rings. The predicted molar refractivity (Wildman–Crippen MR) is 60.7 cm³/mol. The fourth-order valence-electron chi connectivity index (χ4n) is 1.28. The van der Waals surface area contributed by atoms with Crippen molar-refractivity contribution in [3.8, 4) is 0 Å². The first-order valence-corrected chi connectivity index (χ1v) is 5.32. The molecule has 0 aromatic rings. The molecule has 78 valence electrons. The van der Waals surface area contributed by atoms with Crippen LogP contribution in [0.15, 0.2) is 11.8 Å². The van der Waals surface area contributed by atoms with Gasteiger partial charge in [-0.2, -0.15) is 0 Å². The van der Waals surface area contributed by atoms with Gasteiger partial charge in [-0.05, 0) is 46.7 Å². The molecule has 0 saturated carbocycles. The molecule has 0 spiro atoms. The number of rotatable bonds is 4. The molecular weight excluding hydrogens is 158 g/mol. The van der Waals surface area contributed by atoms with Crippen LogP contribution in [0.3, 0.4) is 0 Å². The Morgan fingerprint density at radius 2 is 1.31 bits per heavy atom. The van der Waals surface area contributed by atoms with Gasteiger partial charge in [0.25, 0.3) is 0 Å². The quantitative estimate of drug-likeness (QED) is 0.643. The van der Waals surface area contributed by atoms with Gasteiger partial charge in [0.1, 0.15) is 0 Å². The SMILES string of the molecule is C/C(=C/N(C(C)C)C(C)C)C(C)C. The van der Waals surface area contributed by atoms with E-state index in [1.54, 1.807) is 0 Å². The Kier molecular flexibility index (Phi) is 5.12. The summed E-state index contributed by atoms with van der Waals surface area (Å²) < 4.78 is 0. The molecule has 0 saturated heterocycles. The lowest BCUT2D eigenvalue weighted by Crippen LogP contribution is -2.32.